The largest absolute Gasteiger partial charge is 0.497 e. The fourth-order valence-corrected chi connectivity index (χ4v) is 2.10. The number of benzene rings is 1. The maximum absolute atomic E-state index is 11.7. The fraction of sp³-hybridized carbons (Fsp3) is 0.200. The summed E-state index contributed by atoms with van der Waals surface area (Å²) in [5.41, 5.74) is 1.32. The van der Waals surface area contributed by atoms with Gasteiger partial charge in [-0.25, -0.2) is 4.98 Å². The van der Waals surface area contributed by atoms with Crippen molar-refractivity contribution in [1.29, 1.82) is 0 Å². The number of thiazole rings is 1. The second-order valence-corrected chi connectivity index (χ2v) is 5.03. The van der Waals surface area contributed by atoms with E-state index in [0.29, 0.717) is 12.2 Å². The molecule has 0 fully saturated rings. The number of nitrogens with one attached hydrogen (secondary N) is 1. The average molecular weight is 286 g/mol. The highest BCUT2D eigenvalue weighted by molar-refractivity contribution is 7.09. The van der Waals surface area contributed by atoms with E-state index in [2.05, 4.69) is 22.1 Å². The molecule has 102 valence electrons. The molecular formula is C15H14N2O2S. The molecular weight excluding hydrogens is 272 g/mol. The molecule has 20 heavy (non-hydrogen) atoms. The minimum Gasteiger partial charge on any atom is -0.497 e. The molecule has 0 unspecified atom stereocenters. The zero-order valence-electron chi connectivity index (χ0n) is 11.3. The number of hydrogen-bond donors (Lipinski definition) is 1. The minimum absolute atomic E-state index is 0.196. The minimum atomic E-state index is -0.196. The third-order valence-corrected chi connectivity index (χ3v) is 3.29. The molecule has 4 nitrogen and oxygen atoms in total. The number of methoxy groups -OCH3 is 1. The topological polar surface area (TPSA) is 51.2 Å². The SMILES string of the molecule is COc1ccc(C#CCNC(=O)c2csc(C)n2)cc1. The molecule has 1 aromatic carbocycles. The lowest BCUT2D eigenvalue weighted by Gasteiger charge is -1.98. The highest BCUT2D eigenvalue weighted by atomic mass is 32.1. The number of amides is 1. The second-order valence-electron chi connectivity index (χ2n) is 3.96. The molecule has 0 aliphatic carbocycles. The van der Waals surface area contributed by atoms with Crippen LogP contribution in [0.5, 0.6) is 5.75 Å². The fourth-order valence-electron chi connectivity index (χ4n) is 1.50. The summed E-state index contributed by atoms with van der Waals surface area (Å²) in [4.78, 5) is 15.8. The number of hydrogen-bond acceptors (Lipinski definition) is 4. The molecule has 1 aromatic heterocycles. The average Bonchev–Trinajstić information content (AvgIpc) is 2.91. The van der Waals surface area contributed by atoms with E-state index in [9.17, 15) is 4.79 Å². The van der Waals surface area contributed by atoms with Crippen LogP contribution in [0.1, 0.15) is 21.1 Å². The Kier molecular flexibility index (Phi) is 4.75. The molecule has 1 amide bonds. The monoisotopic (exact) mass is 286 g/mol. The zero-order chi connectivity index (χ0) is 14.4. The first-order chi connectivity index (χ1) is 9.69. The van der Waals surface area contributed by atoms with Gasteiger partial charge in [0.05, 0.1) is 18.7 Å². The van der Waals surface area contributed by atoms with E-state index in [4.69, 9.17) is 4.74 Å². The third-order valence-electron chi connectivity index (χ3n) is 2.51. The number of nitrogens with zero attached hydrogens (tertiary/aromatic N) is 1. The van der Waals surface area contributed by atoms with Crippen LogP contribution < -0.4 is 10.1 Å². The highest BCUT2D eigenvalue weighted by Gasteiger charge is 2.06. The zero-order valence-corrected chi connectivity index (χ0v) is 12.1. The molecule has 1 heterocycles. The second kappa shape index (κ2) is 6.73. The summed E-state index contributed by atoms with van der Waals surface area (Å²) in [6.07, 6.45) is 0. The molecule has 0 saturated carbocycles. The first-order valence-electron chi connectivity index (χ1n) is 6.02. The lowest BCUT2D eigenvalue weighted by atomic mass is 10.2. The van der Waals surface area contributed by atoms with Crippen molar-refractivity contribution in [3.8, 4) is 17.6 Å². The van der Waals surface area contributed by atoms with Crippen LogP contribution in [0.4, 0.5) is 0 Å². The van der Waals surface area contributed by atoms with Crippen LogP contribution in [0.2, 0.25) is 0 Å². The van der Waals surface area contributed by atoms with E-state index in [0.717, 1.165) is 16.3 Å². The van der Waals surface area contributed by atoms with Crippen LogP contribution in [0.15, 0.2) is 29.6 Å². The van der Waals surface area contributed by atoms with E-state index in [1.807, 2.05) is 31.2 Å². The Morgan fingerprint density at radius 1 is 1.40 bits per heavy atom. The number of carbonyl (C=O) groups excluding carboxylic acids is 1. The van der Waals surface area contributed by atoms with Crippen LogP contribution in [-0.2, 0) is 0 Å². The van der Waals surface area contributed by atoms with Gasteiger partial charge in [-0.05, 0) is 31.2 Å². The lowest BCUT2D eigenvalue weighted by Crippen LogP contribution is -2.23. The Labute approximate surface area is 121 Å². The van der Waals surface area contributed by atoms with Crippen molar-refractivity contribution in [2.24, 2.45) is 0 Å². The number of ether oxygens (including phenoxy) is 1. The van der Waals surface area contributed by atoms with Crippen molar-refractivity contribution in [3.05, 3.63) is 45.9 Å². The molecule has 1 N–H and O–H groups in total. The predicted molar refractivity (Wildman–Crippen MR) is 79.1 cm³/mol. The summed E-state index contributed by atoms with van der Waals surface area (Å²) in [6.45, 7) is 2.16. The Balaban J connectivity index is 1.86. The molecule has 2 aromatic rings. The molecule has 0 bridgehead atoms. The van der Waals surface area contributed by atoms with Gasteiger partial charge in [-0.1, -0.05) is 11.8 Å². The Hall–Kier alpha value is -2.32. The van der Waals surface area contributed by atoms with Crippen molar-refractivity contribution in [3.63, 3.8) is 0 Å². The van der Waals surface area contributed by atoms with Gasteiger partial charge in [0.1, 0.15) is 11.4 Å². The molecule has 0 saturated heterocycles. The van der Waals surface area contributed by atoms with Crippen LogP contribution in [0, 0.1) is 18.8 Å². The summed E-state index contributed by atoms with van der Waals surface area (Å²) >= 11 is 1.45. The standard InChI is InChI=1S/C15H14N2O2S/c1-11-17-14(10-20-11)15(18)16-9-3-4-12-5-7-13(19-2)8-6-12/h5-8,10H,9H2,1-2H3,(H,16,18). The van der Waals surface area contributed by atoms with Crippen LogP contribution in [-0.4, -0.2) is 24.5 Å². The molecule has 0 radical (unpaired) electrons. The predicted octanol–water partition coefficient (Wildman–Crippen LogP) is 2.24. The molecule has 2 rings (SSSR count). The van der Waals surface area contributed by atoms with Gasteiger partial charge in [-0.3, -0.25) is 4.79 Å². The molecule has 5 heteroatoms. The highest BCUT2D eigenvalue weighted by Crippen LogP contribution is 2.10. The van der Waals surface area contributed by atoms with Crippen molar-refractivity contribution in [2.75, 3.05) is 13.7 Å². The molecule has 0 spiro atoms. The van der Waals surface area contributed by atoms with Crippen molar-refractivity contribution >= 4 is 17.2 Å². The van der Waals surface area contributed by atoms with Gasteiger partial charge in [-0.2, -0.15) is 0 Å². The van der Waals surface area contributed by atoms with Crippen LogP contribution >= 0.6 is 11.3 Å². The van der Waals surface area contributed by atoms with E-state index in [1.165, 1.54) is 11.3 Å². The maximum Gasteiger partial charge on any atom is 0.271 e. The molecule has 0 aliphatic heterocycles. The molecule has 0 aliphatic rings. The Bertz CT molecular complexity index is 651. The summed E-state index contributed by atoms with van der Waals surface area (Å²) in [6, 6.07) is 7.44. The maximum atomic E-state index is 11.7. The third kappa shape index (κ3) is 3.84. The van der Waals surface area contributed by atoms with E-state index < -0.39 is 0 Å². The number of rotatable bonds is 3. The Morgan fingerprint density at radius 2 is 2.15 bits per heavy atom. The summed E-state index contributed by atoms with van der Waals surface area (Å²) in [7, 11) is 1.62. The van der Waals surface area contributed by atoms with E-state index >= 15 is 0 Å². The van der Waals surface area contributed by atoms with Gasteiger partial charge in [0.25, 0.3) is 5.91 Å². The van der Waals surface area contributed by atoms with Gasteiger partial charge < -0.3 is 10.1 Å². The van der Waals surface area contributed by atoms with Crippen molar-refractivity contribution in [1.82, 2.24) is 10.3 Å². The number of aryl methyl sites for hydroxylation is 1. The van der Waals surface area contributed by atoms with Crippen LogP contribution in [0.25, 0.3) is 0 Å². The van der Waals surface area contributed by atoms with Crippen molar-refractivity contribution < 1.29 is 9.53 Å². The van der Waals surface area contributed by atoms with Crippen molar-refractivity contribution in [2.45, 2.75) is 6.92 Å². The summed E-state index contributed by atoms with van der Waals surface area (Å²) in [5, 5.41) is 5.32. The summed E-state index contributed by atoms with van der Waals surface area (Å²) < 4.78 is 5.07. The normalized spacial score (nSPS) is 9.50. The first-order valence-corrected chi connectivity index (χ1v) is 6.90. The van der Waals surface area contributed by atoms with Gasteiger partial charge >= 0.3 is 0 Å². The Morgan fingerprint density at radius 3 is 2.75 bits per heavy atom. The number of aromatic nitrogens is 1. The number of carbonyl (C=O) groups is 1. The smallest absolute Gasteiger partial charge is 0.271 e. The van der Waals surface area contributed by atoms with Gasteiger partial charge in [0.15, 0.2) is 0 Å². The van der Waals surface area contributed by atoms with Crippen LogP contribution in [0.3, 0.4) is 0 Å². The molecule has 0 atom stereocenters. The van der Waals surface area contributed by atoms with Gasteiger partial charge in [0.2, 0.25) is 0 Å². The van der Waals surface area contributed by atoms with E-state index in [-0.39, 0.29) is 5.91 Å². The van der Waals surface area contributed by atoms with Gasteiger partial charge in [-0.15, -0.1) is 11.3 Å². The van der Waals surface area contributed by atoms with Gasteiger partial charge in [0, 0.05) is 10.9 Å². The van der Waals surface area contributed by atoms with E-state index in [1.54, 1.807) is 12.5 Å². The first kappa shape index (κ1) is 14.1. The summed E-state index contributed by atoms with van der Waals surface area (Å²) in [5.74, 6) is 6.47. The lowest BCUT2D eigenvalue weighted by molar-refractivity contribution is 0.0954. The quantitative estimate of drug-likeness (QED) is 0.880.